The number of hydrogen-bond acceptors (Lipinski definition) is 3. The lowest BCUT2D eigenvalue weighted by Crippen LogP contribution is -2.46. The van der Waals surface area contributed by atoms with E-state index in [2.05, 4.69) is 32.7 Å². The van der Waals surface area contributed by atoms with Gasteiger partial charge in [-0.25, -0.2) is 0 Å². The van der Waals surface area contributed by atoms with Crippen molar-refractivity contribution in [3.8, 4) is 5.75 Å². The number of carbonyl (C=O) groups is 1. The van der Waals surface area contributed by atoms with Crippen molar-refractivity contribution < 1.29 is 9.53 Å². The SMILES string of the molecule is CN=C(NCCc1ccc(OC(C)C)cc1)NC1CCN(C(=O)C2CCCCC2)C1.I. The topological polar surface area (TPSA) is 66.0 Å². The van der Waals surface area contributed by atoms with E-state index < -0.39 is 0 Å². The maximum absolute atomic E-state index is 12.8. The molecule has 1 atom stereocenters. The lowest BCUT2D eigenvalue weighted by Gasteiger charge is -2.26. The van der Waals surface area contributed by atoms with E-state index in [-0.39, 0.29) is 42.0 Å². The Balaban J connectivity index is 0.00000341. The molecule has 1 aromatic carbocycles. The highest BCUT2D eigenvalue weighted by atomic mass is 127. The van der Waals surface area contributed by atoms with E-state index in [1.165, 1.54) is 24.8 Å². The molecule has 0 radical (unpaired) electrons. The first-order valence-electron chi connectivity index (χ1n) is 11.6. The van der Waals surface area contributed by atoms with E-state index >= 15 is 0 Å². The van der Waals surface area contributed by atoms with Crippen molar-refractivity contribution >= 4 is 35.8 Å². The number of nitrogens with zero attached hydrogens (tertiary/aromatic N) is 2. The molecule has 0 spiro atoms. The van der Waals surface area contributed by atoms with Crippen molar-refractivity contribution in [2.24, 2.45) is 10.9 Å². The summed E-state index contributed by atoms with van der Waals surface area (Å²) in [4.78, 5) is 19.2. The van der Waals surface area contributed by atoms with E-state index in [1.807, 2.05) is 26.0 Å². The van der Waals surface area contributed by atoms with Crippen LogP contribution < -0.4 is 15.4 Å². The second kappa shape index (κ2) is 13.1. The molecule has 1 unspecified atom stereocenters. The normalized spacial score (nSPS) is 19.8. The molecular formula is C24H39IN4O2. The van der Waals surface area contributed by atoms with Crippen LogP contribution in [0.5, 0.6) is 5.75 Å². The number of nitrogens with one attached hydrogen (secondary N) is 2. The maximum Gasteiger partial charge on any atom is 0.225 e. The summed E-state index contributed by atoms with van der Waals surface area (Å²) in [5, 5.41) is 6.90. The number of halogens is 1. The fraction of sp³-hybridized carbons (Fsp3) is 0.667. The smallest absolute Gasteiger partial charge is 0.225 e. The van der Waals surface area contributed by atoms with Gasteiger partial charge in [0.05, 0.1) is 6.10 Å². The molecule has 1 amide bonds. The molecule has 2 aliphatic rings. The van der Waals surface area contributed by atoms with Crippen LogP contribution in [-0.2, 0) is 11.2 Å². The molecule has 3 rings (SSSR count). The predicted molar refractivity (Wildman–Crippen MR) is 137 cm³/mol. The van der Waals surface area contributed by atoms with E-state index in [1.54, 1.807) is 7.05 Å². The Kier molecular flexibility index (Phi) is 10.9. The molecule has 6 nitrogen and oxygen atoms in total. The molecule has 174 valence electrons. The lowest BCUT2D eigenvalue weighted by molar-refractivity contribution is -0.135. The van der Waals surface area contributed by atoms with Crippen molar-refractivity contribution in [3.63, 3.8) is 0 Å². The van der Waals surface area contributed by atoms with Crippen molar-refractivity contribution in [3.05, 3.63) is 29.8 Å². The molecule has 7 heteroatoms. The number of amides is 1. The molecule has 2 N–H and O–H groups in total. The second-order valence-electron chi connectivity index (χ2n) is 8.81. The zero-order valence-corrected chi connectivity index (χ0v) is 21.6. The van der Waals surface area contributed by atoms with Gasteiger partial charge < -0.3 is 20.3 Å². The van der Waals surface area contributed by atoms with Crippen molar-refractivity contribution in [2.75, 3.05) is 26.7 Å². The molecule has 2 fully saturated rings. The third-order valence-electron chi connectivity index (χ3n) is 6.02. The zero-order chi connectivity index (χ0) is 21.3. The summed E-state index contributed by atoms with van der Waals surface area (Å²) in [6.07, 6.45) is 7.92. The standard InChI is InChI=1S/C24H38N4O2.HI/c1-18(2)30-22-11-9-19(10-12-22)13-15-26-24(25-3)27-21-14-16-28(17-21)23(29)20-7-5-4-6-8-20;/h9-12,18,20-21H,4-8,13-17H2,1-3H3,(H2,25,26,27);1H. The molecule has 31 heavy (non-hydrogen) atoms. The first-order valence-corrected chi connectivity index (χ1v) is 11.6. The Morgan fingerprint density at radius 2 is 1.87 bits per heavy atom. The van der Waals surface area contributed by atoms with Gasteiger partial charge >= 0.3 is 0 Å². The van der Waals surface area contributed by atoms with E-state index in [4.69, 9.17) is 4.74 Å². The highest BCUT2D eigenvalue weighted by Crippen LogP contribution is 2.26. The van der Waals surface area contributed by atoms with Gasteiger partial charge in [0.1, 0.15) is 5.75 Å². The number of hydrogen-bond donors (Lipinski definition) is 2. The Morgan fingerprint density at radius 1 is 1.16 bits per heavy atom. The molecule has 1 heterocycles. The quantitative estimate of drug-likeness (QED) is 0.311. The third kappa shape index (κ3) is 8.16. The molecule has 1 aliphatic carbocycles. The summed E-state index contributed by atoms with van der Waals surface area (Å²) in [7, 11) is 1.80. The fourth-order valence-corrected chi connectivity index (χ4v) is 4.41. The average molecular weight is 543 g/mol. The van der Waals surface area contributed by atoms with Crippen LogP contribution >= 0.6 is 24.0 Å². The zero-order valence-electron chi connectivity index (χ0n) is 19.2. The summed E-state index contributed by atoms with van der Waals surface area (Å²) in [5.41, 5.74) is 1.26. The van der Waals surface area contributed by atoms with Crippen LogP contribution in [0, 0.1) is 5.92 Å². The summed E-state index contributed by atoms with van der Waals surface area (Å²) in [6, 6.07) is 8.55. The number of guanidine groups is 1. The van der Waals surface area contributed by atoms with Crippen LogP contribution in [0.1, 0.15) is 57.9 Å². The molecule has 0 aromatic heterocycles. The average Bonchev–Trinajstić information content (AvgIpc) is 3.22. The molecule has 1 aliphatic heterocycles. The van der Waals surface area contributed by atoms with Gasteiger partial charge in [-0.15, -0.1) is 24.0 Å². The Morgan fingerprint density at radius 3 is 2.52 bits per heavy atom. The van der Waals surface area contributed by atoms with Crippen LogP contribution in [0.2, 0.25) is 0 Å². The molecule has 1 aromatic rings. The van der Waals surface area contributed by atoms with Crippen LogP contribution in [0.4, 0.5) is 0 Å². The number of rotatable bonds is 7. The number of aliphatic imine (C=N–C) groups is 1. The first kappa shape index (κ1) is 25.7. The van der Waals surface area contributed by atoms with E-state index in [0.717, 1.165) is 57.0 Å². The van der Waals surface area contributed by atoms with Crippen molar-refractivity contribution in [1.82, 2.24) is 15.5 Å². The summed E-state index contributed by atoms with van der Waals surface area (Å²) >= 11 is 0. The maximum atomic E-state index is 12.8. The van der Waals surface area contributed by atoms with Gasteiger partial charge in [-0.1, -0.05) is 31.4 Å². The van der Waals surface area contributed by atoms with Gasteiger partial charge in [-0.05, 0) is 57.2 Å². The second-order valence-corrected chi connectivity index (χ2v) is 8.81. The summed E-state index contributed by atoms with van der Waals surface area (Å²) in [5.74, 6) is 2.35. The van der Waals surface area contributed by atoms with Gasteiger partial charge in [0.25, 0.3) is 0 Å². The van der Waals surface area contributed by atoms with Crippen LogP contribution in [-0.4, -0.2) is 55.6 Å². The number of benzene rings is 1. The minimum absolute atomic E-state index is 0. The fourth-order valence-electron chi connectivity index (χ4n) is 4.41. The Bertz CT molecular complexity index is 702. The summed E-state index contributed by atoms with van der Waals surface area (Å²) < 4.78 is 5.69. The van der Waals surface area contributed by atoms with Gasteiger partial charge in [-0.3, -0.25) is 9.79 Å². The lowest BCUT2D eigenvalue weighted by atomic mass is 9.88. The minimum Gasteiger partial charge on any atom is -0.491 e. The third-order valence-corrected chi connectivity index (χ3v) is 6.02. The largest absolute Gasteiger partial charge is 0.491 e. The van der Waals surface area contributed by atoms with Gasteiger partial charge in [0.15, 0.2) is 5.96 Å². The molecule has 1 saturated heterocycles. The minimum atomic E-state index is 0. The van der Waals surface area contributed by atoms with Crippen molar-refractivity contribution in [1.29, 1.82) is 0 Å². The van der Waals surface area contributed by atoms with Crippen molar-refractivity contribution in [2.45, 2.75) is 70.9 Å². The monoisotopic (exact) mass is 542 g/mol. The molecule has 0 bridgehead atoms. The van der Waals surface area contributed by atoms with Gasteiger partial charge in [0.2, 0.25) is 5.91 Å². The van der Waals surface area contributed by atoms with E-state index in [0.29, 0.717) is 5.91 Å². The van der Waals surface area contributed by atoms with Crippen LogP contribution in [0.25, 0.3) is 0 Å². The summed E-state index contributed by atoms with van der Waals surface area (Å²) in [6.45, 7) is 6.52. The van der Waals surface area contributed by atoms with Gasteiger partial charge in [0, 0.05) is 38.6 Å². The Labute approximate surface area is 204 Å². The van der Waals surface area contributed by atoms with Crippen LogP contribution in [0.3, 0.4) is 0 Å². The predicted octanol–water partition coefficient (Wildman–Crippen LogP) is 3.98. The number of ether oxygens (including phenoxy) is 1. The molecular weight excluding hydrogens is 503 g/mol. The number of carbonyl (C=O) groups excluding carboxylic acids is 1. The molecule has 1 saturated carbocycles. The highest BCUT2D eigenvalue weighted by Gasteiger charge is 2.31. The Hall–Kier alpha value is -1.51. The highest BCUT2D eigenvalue weighted by molar-refractivity contribution is 14.0. The number of likely N-dealkylation sites (tertiary alicyclic amines) is 1. The van der Waals surface area contributed by atoms with Crippen LogP contribution in [0.15, 0.2) is 29.3 Å². The van der Waals surface area contributed by atoms with Gasteiger partial charge in [-0.2, -0.15) is 0 Å². The van der Waals surface area contributed by atoms with E-state index in [9.17, 15) is 4.79 Å². The first-order chi connectivity index (χ1) is 14.5.